The van der Waals surface area contributed by atoms with Gasteiger partial charge in [0.1, 0.15) is 6.33 Å². The number of aryl methyl sites for hydroxylation is 1. The second-order valence-corrected chi connectivity index (χ2v) is 6.88. The first kappa shape index (κ1) is 18.1. The van der Waals surface area contributed by atoms with Crippen LogP contribution in [0.1, 0.15) is 32.3 Å². The van der Waals surface area contributed by atoms with Crippen LogP contribution in [0.25, 0.3) is 0 Å². The van der Waals surface area contributed by atoms with Crippen molar-refractivity contribution in [3.05, 3.63) is 46.3 Å². The first-order chi connectivity index (χ1) is 12.5. The summed E-state index contributed by atoms with van der Waals surface area (Å²) in [6.45, 7) is 8.35. The average Bonchev–Trinajstić information content (AvgIpc) is 2.63. The second-order valence-electron chi connectivity index (χ2n) is 6.88. The molecular formula is C19H25N5O2. The molecule has 1 aliphatic heterocycles. The van der Waals surface area contributed by atoms with E-state index in [9.17, 15) is 10.1 Å². The molecule has 1 aromatic carbocycles. The summed E-state index contributed by atoms with van der Waals surface area (Å²) >= 11 is 0. The Hall–Kier alpha value is -2.70. The van der Waals surface area contributed by atoms with E-state index in [1.165, 1.54) is 6.33 Å². The van der Waals surface area contributed by atoms with Crippen LogP contribution in [0.3, 0.4) is 0 Å². The van der Waals surface area contributed by atoms with Gasteiger partial charge >= 0.3 is 5.69 Å². The molecule has 7 nitrogen and oxygen atoms in total. The van der Waals surface area contributed by atoms with Crippen molar-refractivity contribution in [3.8, 4) is 0 Å². The number of hydrogen-bond acceptors (Lipinski definition) is 6. The second kappa shape index (κ2) is 7.68. The fraction of sp³-hybridized carbons (Fsp3) is 0.474. The Morgan fingerprint density at radius 1 is 1.31 bits per heavy atom. The SMILES string of the molecule is CCN(c1cccc(C)c1)c1ncnc(N2CCC(C)CC2)c1[N+](=O)[O-]. The van der Waals surface area contributed by atoms with E-state index in [1.54, 1.807) is 0 Å². The number of anilines is 3. The minimum atomic E-state index is -0.346. The zero-order valence-corrected chi connectivity index (χ0v) is 15.6. The van der Waals surface area contributed by atoms with Gasteiger partial charge in [-0.3, -0.25) is 10.1 Å². The highest BCUT2D eigenvalue weighted by atomic mass is 16.6. The minimum absolute atomic E-state index is 0.00888. The molecule has 2 aromatic rings. The summed E-state index contributed by atoms with van der Waals surface area (Å²) < 4.78 is 0. The van der Waals surface area contributed by atoms with E-state index in [0.717, 1.165) is 37.2 Å². The molecule has 0 aliphatic carbocycles. The van der Waals surface area contributed by atoms with Crippen LogP contribution in [0.4, 0.5) is 23.0 Å². The third kappa shape index (κ3) is 3.61. The number of piperidine rings is 1. The monoisotopic (exact) mass is 355 g/mol. The van der Waals surface area contributed by atoms with E-state index >= 15 is 0 Å². The quantitative estimate of drug-likeness (QED) is 0.594. The van der Waals surface area contributed by atoms with Crippen LogP contribution >= 0.6 is 0 Å². The molecule has 2 heterocycles. The highest BCUT2D eigenvalue weighted by molar-refractivity contribution is 5.76. The van der Waals surface area contributed by atoms with Crippen LogP contribution in [0.5, 0.6) is 0 Å². The van der Waals surface area contributed by atoms with Gasteiger partial charge in [0, 0.05) is 25.3 Å². The molecule has 7 heteroatoms. The molecule has 0 bridgehead atoms. The van der Waals surface area contributed by atoms with Gasteiger partial charge in [-0.15, -0.1) is 0 Å². The third-order valence-electron chi connectivity index (χ3n) is 4.93. The largest absolute Gasteiger partial charge is 0.353 e. The van der Waals surface area contributed by atoms with E-state index in [4.69, 9.17) is 0 Å². The molecule has 0 radical (unpaired) electrons. The highest BCUT2D eigenvalue weighted by Gasteiger charge is 2.31. The van der Waals surface area contributed by atoms with Crippen molar-refractivity contribution in [3.63, 3.8) is 0 Å². The van der Waals surface area contributed by atoms with Crippen LogP contribution in [-0.2, 0) is 0 Å². The van der Waals surface area contributed by atoms with Gasteiger partial charge < -0.3 is 9.80 Å². The van der Waals surface area contributed by atoms with Crippen molar-refractivity contribution < 1.29 is 4.92 Å². The van der Waals surface area contributed by atoms with E-state index < -0.39 is 0 Å². The number of rotatable bonds is 5. The smallest absolute Gasteiger partial charge is 0.351 e. The summed E-state index contributed by atoms with van der Waals surface area (Å²) in [5.74, 6) is 1.43. The number of nitrogens with zero attached hydrogens (tertiary/aromatic N) is 5. The lowest BCUT2D eigenvalue weighted by Crippen LogP contribution is -2.34. The predicted octanol–water partition coefficient (Wildman–Crippen LogP) is 4.09. The van der Waals surface area contributed by atoms with Crippen molar-refractivity contribution in [1.29, 1.82) is 0 Å². The van der Waals surface area contributed by atoms with Crippen molar-refractivity contribution in [2.45, 2.75) is 33.6 Å². The van der Waals surface area contributed by atoms with Crippen LogP contribution in [-0.4, -0.2) is 34.5 Å². The van der Waals surface area contributed by atoms with Crippen LogP contribution < -0.4 is 9.80 Å². The van der Waals surface area contributed by atoms with Gasteiger partial charge in [0.2, 0.25) is 11.6 Å². The van der Waals surface area contributed by atoms with Gasteiger partial charge in [-0.2, -0.15) is 0 Å². The van der Waals surface area contributed by atoms with Gasteiger partial charge in [-0.05, 0) is 50.3 Å². The molecule has 1 aromatic heterocycles. The Bertz CT molecular complexity index is 787. The first-order valence-corrected chi connectivity index (χ1v) is 9.09. The molecule has 0 N–H and O–H groups in total. The molecule has 1 aliphatic rings. The number of nitro groups is 1. The van der Waals surface area contributed by atoms with E-state index in [0.29, 0.717) is 24.1 Å². The molecule has 1 saturated heterocycles. The topological polar surface area (TPSA) is 75.4 Å². The molecule has 1 fully saturated rings. The lowest BCUT2D eigenvalue weighted by Gasteiger charge is -2.31. The Balaban J connectivity index is 2.06. The van der Waals surface area contributed by atoms with Gasteiger partial charge in [-0.1, -0.05) is 19.1 Å². The zero-order valence-electron chi connectivity index (χ0n) is 15.6. The maximum absolute atomic E-state index is 11.9. The van der Waals surface area contributed by atoms with Gasteiger partial charge in [0.25, 0.3) is 0 Å². The van der Waals surface area contributed by atoms with E-state index in [2.05, 4.69) is 16.9 Å². The van der Waals surface area contributed by atoms with E-state index in [-0.39, 0.29) is 10.6 Å². The first-order valence-electron chi connectivity index (χ1n) is 9.09. The van der Waals surface area contributed by atoms with Crippen LogP contribution in [0.2, 0.25) is 0 Å². The minimum Gasteiger partial charge on any atom is -0.351 e. The highest BCUT2D eigenvalue weighted by Crippen LogP contribution is 2.38. The maximum atomic E-state index is 11.9. The summed E-state index contributed by atoms with van der Waals surface area (Å²) in [6, 6.07) is 7.92. The lowest BCUT2D eigenvalue weighted by atomic mass is 9.99. The molecule has 26 heavy (non-hydrogen) atoms. The van der Waals surface area contributed by atoms with Gasteiger partial charge in [0.15, 0.2) is 0 Å². The summed E-state index contributed by atoms with van der Waals surface area (Å²) in [4.78, 5) is 24.1. The molecule has 0 unspecified atom stereocenters. The van der Waals surface area contributed by atoms with Crippen molar-refractivity contribution in [1.82, 2.24) is 9.97 Å². The molecule has 0 saturated carbocycles. The normalized spacial score (nSPS) is 15.1. The number of aromatic nitrogens is 2. The molecule has 0 amide bonds. The summed E-state index contributed by atoms with van der Waals surface area (Å²) in [5.41, 5.74) is 1.99. The van der Waals surface area contributed by atoms with Crippen molar-refractivity contribution >= 4 is 23.0 Å². The fourth-order valence-corrected chi connectivity index (χ4v) is 3.42. The number of benzene rings is 1. The predicted molar refractivity (Wildman–Crippen MR) is 103 cm³/mol. The Morgan fingerprint density at radius 2 is 2.04 bits per heavy atom. The summed E-state index contributed by atoms with van der Waals surface area (Å²) in [7, 11) is 0. The molecule has 0 spiro atoms. The fourth-order valence-electron chi connectivity index (χ4n) is 3.42. The van der Waals surface area contributed by atoms with Crippen molar-refractivity contribution in [2.24, 2.45) is 5.92 Å². The molecule has 3 rings (SSSR count). The third-order valence-corrected chi connectivity index (χ3v) is 4.93. The Kier molecular flexibility index (Phi) is 5.35. The van der Waals surface area contributed by atoms with Crippen LogP contribution in [0, 0.1) is 23.0 Å². The van der Waals surface area contributed by atoms with Gasteiger partial charge in [-0.25, -0.2) is 9.97 Å². The van der Waals surface area contributed by atoms with Gasteiger partial charge in [0.05, 0.1) is 4.92 Å². The standard InChI is InChI=1S/C19H25N5O2/c1-4-23(16-7-5-6-15(3)12-16)19-17(24(25)26)18(20-13-21-19)22-10-8-14(2)9-11-22/h5-7,12-14H,4,8-11H2,1-3H3. The van der Waals surface area contributed by atoms with Crippen molar-refractivity contribution in [2.75, 3.05) is 29.4 Å². The summed E-state index contributed by atoms with van der Waals surface area (Å²) in [6.07, 6.45) is 3.48. The molecule has 138 valence electrons. The van der Waals surface area contributed by atoms with E-state index in [1.807, 2.05) is 47.9 Å². The zero-order chi connectivity index (χ0) is 18.7. The lowest BCUT2D eigenvalue weighted by molar-refractivity contribution is -0.383. The molecular weight excluding hydrogens is 330 g/mol. The Labute approximate surface area is 153 Å². The Morgan fingerprint density at radius 3 is 2.65 bits per heavy atom. The molecule has 0 atom stereocenters. The maximum Gasteiger partial charge on any atom is 0.353 e. The number of hydrogen-bond donors (Lipinski definition) is 0. The average molecular weight is 355 g/mol. The summed E-state index contributed by atoms with van der Waals surface area (Å²) in [5, 5.41) is 11.9. The van der Waals surface area contributed by atoms with Crippen LogP contribution in [0.15, 0.2) is 30.6 Å².